The van der Waals surface area contributed by atoms with E-state index in [1.807, 2.05) is 0 Å². The van der Waals surface area contributed by atoms with Gasteiger partial charge in [-0.05, 0) is 50.9 Å². The SMILES string of the molecule is O=C(O)CC1CC2CCC(C1)N2C1CCCOCC1. The Balaban J connectivity index is 1.63. The fourth-order valence-corrected chi connectivity index (χ4v) is 4.52. The largest absolute Gasteiger partial charge is 0.481 e. The van der Waals surface area contributed by atoms with Crippen LogP contribution in [0.1, 0.15) is 51.4 Å². The third kappa shape index (κ3) is 2.95. The molecule has 3 fully saturated rings. The van der Waals surface area contributed by atoms with E-state index in [-0.39, 0.29) is 0 Å². The lowest BCUT2D eigenvalue weighted by atomic mass is 9.86. The first kappa shape index (κ1) is 13.4. The average Bonchev–Trinajstić information content (AvgIpc) is 2.60. The summed E-state index contributed by atoms with van der Waals surface area (Å²) in [4.78, 5) is 13.6. The Kier molecular flexibility index (Phi) is 4.08. The molecule has 3 saturated heterocycles. The molecule has 108 valence electrons. The molecule has 2 bridgehead atoms. The van der Waals surface area contributed by atoms with E-state index in [1.165, 1.54) is 25.7 Å². The van der Waals surface area contributed by atoms with Gasteiger partial charge < -0.3 is 9.84 Å². The zero-order valence-corrected chi connectivity index (χ0v) is 11.6. The van der Waals surface area contributed by atoms with Gasteiger partial charge in [0.15, 0.2) is 0 Å². The van der Waals surface area contributed by atoms with E-state index in [9.17, 15) is 4.79 Å². The lowest BCUT2D eigenvalue weighted by Gasteiger charge is -2.43. The molecule has 3 rings (SSSR count). The standard InChI is InChI=1S/C15H25NO3/c17-15(18)10-11-8-13-3-4-14(9-11)16(13)12-2-1-6-19-7-5-12/h11-14H,1-10H2,(H,17,18). The zero-order valence-electron chi connectivity index (χ0n) is 11.6. The second kappa shape index (κ2) is 5.80. The molecule has 3 atom stereocenters. The maximum absolute atomic E-state index is 10.9. The van der Waals surface area contributed by atoms with E-state index in [0.717, 1.165) is 32.5 Å². The number of carbonyl (C=O) groups is 1. The van der Waals surface area contributed by atoms with Gasteiger partial charge in [-0.25, -0.2) is 0 Å². The number of fused-ring (bicyclic) bond motifs is 2. The summed E-state index contributed by atoms with van der Waals surface area (Å²) in [5, 5.41) is 8.98. The Hall–Kier alpha value is -0.610. The van der Waals surface area contributed by atoms with Gasteiger partial charge in [0, 0.05) is 37.8 Å². The van der Waals surface area contributed by atoms with Crippen molar-refractivity contribution >= 4 is 5.97 Å². The molecular weight excluding hydrogens is 242 g/mol. The third-order valence-corrected chi connectivity index (χ3v) is 5.19. The van der Waals surface area contributed by atoms with Gasteiger partial charge in [-0.1, -0.05) is 0 Å². The molecular formula is C15H25NO3. The van der Waals surface area contributed by atoms with Crippen molar-refractivity contribution in [1.29, 1.82) is 0 Å². The number of ether oxygens (including phenoxy) is 1. The first-order valence-corrected chi connectivity index (χ1v) is 7.81. The molecule has 4 heteroatoms. The summed E-state index contributed by atoms with van der Waals surface area (Å²) in [5.41, 5.74) is 0. The fraction of sp³-hybridized carbons (Fsp3) is 0.933. The van der Waals surface area contributed by atoms with Crippen LogP contribution in [0.4, 0.5) is 0 Å². The molecule has 0 amide bonds. The maximum Gasteiger partial charge on any atom is 0.303 e. The van der Waals surface area contributed by atoms with Gasteiger partial charge in [0.05, 0.1) is 0 Å². The minimum atomic E-state index is -0.624. The van der Waals surface area contributed by atoms with Crippen molar-refractivity contribution in [2.75, 3.05) is 13.2 Å². The van der Waals surface area contributed by atoms with E-state index in [1.54, 1.807) is 0 Å². The number of rotatable bonds is 3. The Labute approximate surface area is 115 Å². The van der Waals surface area contributed by atoms with Crippen LogP contribution in [-0.4, -0.2) is 47.3 Å². The number of hydrogen-bond acceptors (Lipinski definition) is 3. The summed E-state index contributed by atoms with van der Waals surface area (Å²) in [6.45, 7) is 1.82. The molecule has 3 aliphatic heterocycles. The highest BCUT2D eigenvalue weighted by molar-refractivity contribution is 5.67. The molecule has 19 heavy (non-hydrogen) atoms. The zero-order chi connectivity index (χ0) is 13.2. The van der Waals surface area contributed by atoms with Crippen LogP contribution >= 0.6 is 0 Å². The average molecular weight is 267 g/mol. The summed E-state index contributed by atoms with van der Waals surface area (Å²) in [5.74, 6) is -0.214. The van der Waals surface area contributed by atoms with Crippen molar-refractivity contribution in [2.45, 2.75) is 69.5 Å². The second-order valence-electron chi connectivity index (χ2n) is 6.46. The van der Waals surface area contributed by atoms with Gasteiger partial charge in [0.2, 0.25) is 0 Å². The highest BCUT2D eigenvalue weighted by Crippen LogP contribution is 2.42. The van der Waals surface area contributed by atoms with Gasteiger partial charge in [-0.2, -0.15) is 0 Å². The Morgan fingerprint density at radius 1 is 1.05 bits per heavy atom. The van der Waals surface area contributed by atoms with Crippen molar-refractivity contribution in [3.8, 4) is 0 Å². The number of carboxylic acids is 1. The van der Waals surface area contributed by atoms with Crippen LogP contribution in [0.25, 0.3) is 0 Å². The summed E-state index contributed by atoms with van der Waals surface area (Å²) >= 11 is 0. The lowest BCUT2D eigenvalue weighted by molar-refractivity contribution is -0.138. The molecule has 3 unspecified atom stereocenters. The molecule has 1 N–H and O–H groups in total. The third-order valence-electron chi connectivity index (χ3n) is 5.19. The van der Waals surface area contributed by atoms with Gasteiger partial charge in [-0.15, -0.1) is 0 Å². The molecule has 0 spiro atoms. The number of piperidine rings is 1. The van der Waals surface area contributed by atoms with Gasteiger partial charge in [-0.3, -0.25) is 9.69 Å². The molecule has 0 aliphatic carbocycles. The van der Waals surface area contributed by atoms with E-state index in [4.69, 9.17) is 9.84 Å². The summed E-state index contributed by atoms with van der Waals surface area (Å²) in [6.07, 6.45) is 8.72. The van der Waals surface area contributed by atoms with Crippen LogP contribution in [0.3, 0.4) is 0 Å². The van der Waals surface area contributed by atoms with Crippen molar-refractivity contribution in [1.82, 2.24) is 4.90 Å². The molecule has 4 nitrogen and oxygen atoms in total. The predicted octanol–water partition coefficient (Wildman–Crippen LogP) is 2.27. The van der Waals surface area contributed by atoms with Crippen LogP contribution in [0.5, 0.6) is 0 Å². The molecule has 0 radical (unpaired) electrons. The first-order chi connectivity index (χ1) is 9.24. The van der Waals surface area contributed by atoms with Gasteiger partial charge >= 0.3 is 5.97 Å². The quantitative estimate of drug-likeness (QED) is 0.852. The smallest absolute Gasteiger partial charge is 0.303 e. The maximum atomic E-state index is 10.9. The number of nitrogens with zero attached hydrogens (tertiary/aromatic N) is 1. The molecule has 3 heterocycles. The summed E-state index contributed by atoms with van der Waals surface area (Å²) < 4.78 is 5.58. The number of aliphatic carboxylic acids is 1. The lowest BCUT2D eigenvalue weighted by Crippen LogP contribution is -2.49. The van der Waals surface area contributed by atoms with Crippen molar-refractivity contribution in [2.24, 2.45) is 5.92 Å². The summed E-state index contributed by atoms with van der Waals surface area (Å²) in [6, 6.07) is 1.98. The van der Waals surface area contributed by atoms with Crippen molar-refractivity contribution in [3.63, 3.8) is 0 Å². The number of carboxylic acid groups (broad SMARTS) is 1. The van der Waals surface area contributed by atoms with Crippen LogP contribution in [-0.2, 0) is 9.53 Å². The molecule has 0 saturated carbocycles. The van der Waals surface area contributed by atoms with E-state index in [0.29, 0.717) is 30.5 Å². The Morgan fingerprint density at radius 3 is 2.47 bits per heavy atom. The van der Waals surface area contributed by atoms with Gasteiger partial charge in [0.1, 0.15) is 0 Å². The fourth-order valence-electron chi connectivity index (χ4n) is 4.52. The Bertz CT molecular complexity index is 311. The van der Waals surface area contributed by atoms with Crippen molar-refractivity contribution in [3.05, 3.63) is 0 Å². The van der Waals surface area contributed by atoms with E-state index >= 15 is 0 Å². The second-order valence-corrected chi connectivity index (χ2v) is 6.46. The highest BCUT2D eigenvalue weighted by atomic mass is 16.5. The number of hydrogen-bond donors (Lipinski definition) is 1. The minimum Gasteiger partial charge on any atom is -0.481 e. The topological polar surface area (TPSA) is 49.8 Å². The minimum absolute atomic E-state index is 0.370. The summed E-state index contributed by atoms with van der Waals surface area (Å²) in [7, 11) is 0. The molecule has 0 aromatic rings. The molecule has 0 aromatic heterocycles. The molecule has 0 aromatic carbocycles. The van der Waals surface area contributed by atoms with E-state index < -0.39 is 5.97 Å². The predicted molar refractivity (Wildman–Crippen MR) is 72.1 cm³/mol. The van der Waals surface area contributed by atoms with Crippen molar-refractivity contribution < 1.29 is 14.6 Å². The monoisotopic (exact) mass is 267 g/mol. The Morgan fingerprint density at radius 2 is 1.79 bits per heavy atom. The normalized spacial score (nSPS) is 40.0. The van der Waals surface area contributed by atoms with Gasteiger partial charge in [0.25, 0.3) is 0 Å². The van der Waals surface area contributed by atoms with E-state index in [2.05, 4.69) is 4.90 Å². The van der Waals surface area contributed by atoms with Crippen LogP contribution in [0.15, 0.2) is 0 Å². The van der Waals surface area contributed by atoms with Crippen LogP contribution in [0, 0.1) is 5.92 Å². The molecule has 3 aliphatic rings. The van der Waals surface area contributed by atoms with Crippen LogP contribution in [0.2, 0.25) is 0 Å². The highest BCUT2D eigenvalue weighted by Gasteiger charge is 2.43. The van der Waals surface area contributed by atoms with Crippen LogP contribution < -0.4 is 0 Å². The first-order valence-electron chi connectivity index (χ1n) is 7.81.